The predicted octanol–water partition coefficient (Wildman–Crippen LogP) is 1.92. The van der Waals surface area contributed by atoms with Crippen LogP contribution in [-0.2, 0) is 17.1 Å². The molecule has 2 N–H and O–H groups in total. The molecule has 1 aromatic carbocycles. The molecule has 0 unspecified atom stereocenters. The first-order valence-electron chi connectivity index (χ1n) is 10.9. The zero-order valence-corrected chi connectivity index (χ0v) is 20.2. The first-order chi connectivity index (χ1) is 17.3. The molecule has 0 spiro atoms. The number of rotatable bonds is 6. The third-order valence-electron chi connectivity index (χ3n) is 5.78. The van der Waals surface area contributed by atoms with Crippen LogP contribution in [0.4, 0.5) is 20.3 Å². The van der Waals surface area contributed by atoms with Gasteiger partial charge < -0.3 is 19.5 Å². The number of halogens is 2. The van der Waals surface area contributed by atoms with E-state index in [2.05, 4.69) is 29.9 Å². The van der Waals surface area contributed by atoms with Crippen LogP contribution in [0.2, 0.25) is 0 Å². The fourth-order valence-corrected chi connectivity index (χ4v) is 5.17. The van der Waals surface area contributed by atoms with E-state index in [0.717, 1.165) is 38.3 Å². The topological polar surface area (TPSA) is 127 Å². The van der Waals surface area contributed by atoms with Gasteiger partial charge in [-0.2, -0.15) is 0 Å². The van der Waals surface area contributed by atoms with E-state index in [4.69, 9.17) is 9.72 Å². The van der Waals surface area contributed by atoms with Crippen LogP contribution in [-0.4, -0.2) is 66.2 Å². The van der Waals surface area contributed by atoms with E-state index in [1.54, 1.807) is 11.6 Å². The summed E-state index contributed by atoms with van der Waals surface area (Å²) < 4.78 is 62.5. The SMILES string of the molecule is COc1ncc(-c2nc3c(N4CCNCC4)ncnc3n2C)cc1NS(=O)(=O)c1ccc(F)cc1F. The quantitative estimate of drug-likeness (QED) is 0.395. The molecular formula is C22H22F2N8O3S. The number of benzene rings is 1. The van der Waals surface area contributed by atoms with Crippen LogP contribution in [0.3, 0.4) is 0 Å². The fraction of sp³-hybridized carbons (Fsp3) is 0.273. The Hall–Kier alpha value is -3.91. The number of nitrogens with one attached hydrogen (secondary N) is 2. The summed E-state index contributed by atoms with van der Waals surface area (Å²) in [5.74, 6) is -0.981. The lowest BCUT2D eigenvalue weighted by atomic mass is 10.2. The van der Waals surface area contributed by atoms with Crippen molar-refractivity contribution in [3.63, 3.8) is 0 Å². The molecule has 0 bridgehead atoms. The van der Waals surface area contributed by atoms with Gasteiger partial charge in [0.05, 0.1) is 7.11 Å². The van der Waals surface area contributed by atoms with Gasteiger partial charge in [-0.1, -0.05) is 0 Å². The van der Waals surface area contributed by atoms with Crippen molar-refractivity contribution in [2.24, 2.45) is 7.05 Å². The molecule has 1 fully saturated rings. The number of imidazole rings is 1. The molecule has 0 radical (unpaired) electrons. The number of hydrogen-bond donors (Lipinski definition) is 2. The number of aryl methyl sites for hydroxylation is 1. The van der Waals surface area contributed by atoms with Crippen LogP contribution < -0.4 is 19.7 Å². The molecule has 1 aliphatic rings. The fourth-order valence-electron chi connectivity index (χ4n) is 4.06. The average Bonchev–Trinajstić information content (AvgIpc) is 3.20. The predicted molar refractivity (Wildman–Crippen MR) is 128 cm³/mol. The Morgan fingerprint density at radius 1 is 1.11 bits per heavy atom. The summed E-state index contributed by atoms with van der Waals surface area (Å²) in [6, 6.07) is 3.68. The van der Waals surface area contributed by atoms with Crippen LogP contribution in [0.1, 0.15) is 0 Å². The van der Waals surface area contributed by atoms with Gasteiger partial charge in [0.1, 0.15) is 34.4 Å². The number of pyridine rings is 1. The van der Waals surface area contributed by atoms with E-state index in [1.165, 1.54) is 25.7 Å². The normalized spacial score (nSPS) is 14.3. The Kier molecular flexibility index (Phi) is 6.14. The molecule has 4 aromatic rings. The zero-order valence-electron chi connectivity index (χ0n) is 19.4. The summed E-state index contributed by atoms with van der Waals surface area (Å²) in [7, 11) is -1.32. The van der Waals surface area contributed by atoms with Crippen LogP contribution in [0.15, 0.2) is 41.7 Å². The molecule has 188 valence electrons. The van der Waals surface area contributed by atoms with Crippen molar-refractivity contribution in [2.45, 2.75) is 4.90 Å². The van der Waals surface area contributed by atoms with Crippen LogP contribution in [0.5, 0.6) is 5.88 Å². The third kappa shape index (κ3) is 4.28. The maximum atomic E-state index is 14.2. The van der Waals surface area contributed by atoms with Crippen LogP contribution in [0, 0.1) is 11.6 Å². The van der Waals surface area contributed by atoms with Gasteiger partial charge in [-0.3, -0.25) is 4.72 Å². The maximum absolute atomic E-state index is 14.2. The van der Waals surface area contributed by atoms with Gasteiger partial charge in [0.2, 0.25) is 5.88 Å². The lowest BCUT2D eigenvalue weighted by molar-refractivity contribution is 0.400. The number of aromatic nitrogens is 5. The van der Waals surface area contributed by atoms with Gasteiger partial charge in [-0.05, 0) is 18.2 Å². The molecule has 11 nitrogen and oxygen atoms in total. The van der Waals surface area contributed by atoms with Gasteiger partial charge in [-0.25, -0.2) is 37.1 Å². The van der Waals surface area contributed by atoms with Crippen molar-refractivity contribution in [1.82, 2.24) is 29.8 Å². The first-order valence-corrected chi connectivity index (χ1v) is 12.4. The van der Waals surface area contributed by atoms with E-state index in [0.29, 0.717) is 34.4 Å². The minimum absolute atomic E-state index is 0.0371. The van der Waals surface area contributed by atoms with E-state index >= 15 is 0 Å². The summed E-state index contributed by atoms with van der Waals surface area (Å²) in [5.41, 5.74) is 1.61. The first kappa shape index (κ1) is 23.8. The van der Waals surface area contributed by atoms with E-state index < -0.39 is 26.6 Å². The number of anilines is 2. The smallest absolute Gasteiger partial charge is 0.264 e. The minimum atomic E-state index is -4.42. The summed E-state index contributed by atoms with van der Waals surface area (Å²) in [6.07, 6.45) is 2.96. The number of hydrogen-bond acceptors (Lipinski definition) is 9. The lowest BCUT2D eigenvalue weighted by Crippen LogP contribution is -2.44. The highest BCUT2D eigenvalue weighted by atomic mass is 32.2. The highest BCUT2D eigenvalue weighted by molar-refractivity contribution is 7.92. The van der Waals surface area contributed by atoms with Crippen molar-refractivity contribution >= 4 is 32.7 Å². The molecule has 1 saturated heterocycles. The second-order valence-corrected chi connectivity index (χ2v) is 9.71. The van der Waals surface area contributed by atoms with Crippen LogP contribution >= 0.6 is 0 Å². The van der Waals surface area contributed by atoms with Gasteiger partial charge in [0, 0.05) is 51.1 Å². The molecule has 0 atom stereocenters. The second kappa shape index (κ2) is 9.28. The molecule has 0 amide bonds. The maximum Gasteiger partial charge on any atom is 0.264 e. The van der Waals surface area contributed by atoms with E-state index in [9.17, 15) is 17.2 Å². The highest BCUT2D eigenvalue weighted by Crippen LogP contribution is 2.32. The molecular weight excluding hydrogens is 494 g/mol. The molecule has 14 heteroatoms. The van der Waals surface area contributed by atoms with Gasteiger partial charge in [0.15, 0.2) is 17.0 Å². The van der Waals surface area contributed by atoms with Crippen LogP contribution in [0.25, 0.3) is 22.6 Å². The standard InChI is InChI=1S/C22H22F2N8O3S/c1-31-19(29-18-20(31)27-12-28-21(18)32-7-5-25-6-8-32)13-9-16(22(35-2)26-11-13)30-36(33,34)17-4-3-14(23)10-15(17)24/h3-4,9-12,25,30H,5-8H2,1-2H3. The summed E-state index contributed by atoms with van der Waals surface area (Å²) in [4.78, 5) is 19.2. The number of methoxy groups -OCH3 is 1. The number of piperazine rings is 1. The van der Waals surface area contributed by atoms with Gasteiger partial charge in [-0.15, -0.1) is 0 Å². The number of sulfonamides is 1. The Balaban J connectivity index is 1.56. The molecule has 0 aliphatic carbocycles. The summed E-state index contributed by atoms with van der Waals surface area (Å²) in [6.45, 7) is 3.19. The number of ether oxygens (including phenoxy) is 1. The van der Waals surface area contributed by atoms with E-state index in [-0.39, 0.29) is 11.6 Å². The molecule has 0 saturated carbocycles. The summed E-state index contributed by atoms with van der Waals surface area (Å²) >= 11 is 0. The Morgan fingerprint density at radius 3 is 2.61 bits per heavy atom. The van der Waals surface area contributed by atoms with E-state index in [1.807, 2.05) is 0 Å². The molecule has 36 heavy (non-hydrogen) atoms. The average molecular weight is 517 g/mol. The number of fused-ring (bicyclic) bond motifs is 1. The van der Waals surface area contributed by atoms with Crippen molar-refractivity contribution < 1.29 is 21.9 Å². The molecule has 1 aliphatic heterocycles. The van der Waals surface area contributed by atoms with Crippen molar-refractivity contribution in [3.05, 3.63) is 48.4 Å². The highest BCUT2D eigenvalue weighted by Gasteiger charge is 2.24. The van der Waals surface area contributed by atoms with Crippen molar-refractivity contribution in [1.29, 1.82) is 0 Å². The van der Waals surface area contributed by atoms with Crippen molar-refractivity contribution in [2.75, 3.05) is 42.9 Å². The Bertz CT molecular complexity index is 1550. The largest absolute Gasteiger partial charge is 0.480 e. The third-order valence-corrected chi connectivity index (χ3v) is 7.18. The Labute approximate surface area is 205 Å². The monoisotopic (exact) mass is 516 g/mol. The van der Waals surface area contributed by atoms with Crippen molar-refractivity contribution in [3.8, 4) is 17.3 Å². The lowest BCUT2D eigenvalue weighted by Gasteiger charge is -2.28. The second-order valence-electron chi connectivity index (χ2n) is 8.06. The van der Waals surface area contributed by atoms with Gasteiger partial charge >= 0.3 is 0 Å². The molecule has 5 rings (SSSR count). The van der Waals surface area contributed by atoms with Gasteiger partial charge in [0.25, 0.3) is 10.0 Å². The molecule has 3 aromatic heterocycles. The number of nitrogens with zero attached hydrogens (tertiary/aromatic N) is 6. The zero-order chi connectivity index (χ0) is 25.4. The minimum Gasteiger partial charge on any atom is -0.480 e. The Morgan fingerprint density at radius 2 is 1.89 bits per heavy atom. The summed E-state index contributed by atoms with van der Waals surface area (Å²) in [5, 5.41) is 3.30. The molecule has 4 heterocycles.